The van der Waals surface area contributed by atoms with Crippen molar-refractivity contribution in [3.05, 3.63) is 78.2 Å². The Balaban J connectivity index is 1.96. The van der Waals surface area contributed by atoms with Crippen LogP contribution in [-0.4, -0.2) is 15.1 Å². The molecule has 0 saturated heterocycles. The molecule has 1 aromatic heterocycles. The number of halogens is 3. The molecule has 0 aliphatic rings. The van der Waals surface area contributed by atoms with Crippen LogP contribution in [0.3, 0.4) is 0 Å². The van der Waals surface area contributed by atoms with Crippen molar-refractivity contribution in [2.75, 3.05) is 4.90 Å². The smallest absolute Gasteiger partial charge is 0.275 e. The summed E-state index contributed by atoms with van der Waals surface area (Å²) in [6, 6.07) is 20.9. The Labute approximate surface area is 177 Å². The maximum absolute atomic E-state index is 5.90. The first-order valence-electron chi connectivity index (χ1n) is 7.89. The number of para-hydroxylation sites is 2. The van der Waals surface area contributed by atoms with Crippen LogP contribution >= 0.6 is 47.0 Å². The van der Waals surface area contributed by atoms with Crippen molar-refractivity contribution < 1.29 is 4.74 Å². The molecule has 0 atom stereocenters. The van der Waals surface area contributed by atoms with Gasteiger partial charge in [0.25, 0.3) is 5.17 Å². The van der Waals surface area contributed by atoms with Crippen molar-refractivity contribution in [2.45, 2.75) is 10.7 Å². The van der Waals surface area contributed by atoms with E-state index in [1.165, 1.54) is 0 Å². The molecule has 0 bridgehead atoms. The second-order valence-electron chi connectivity index (χ2n) is 5.54. The van der Waals surface area contributed by atoms with E-state index in [1.807, 2.05) is 60.7 Å². The molecule has 8 heteroatoms. The van der Waals surface area contributed by atoms with Crippen LogP contribution in [0.1, 0.15) is 11.5 Å². The summed E-state index contributed by atoms with van der Waals surface area (Å²) >= 11 is 23.2. The normalized spacial score (nSPS) is 11.1. The zero-order valence-electron chi connectivity index (χ0n) is 14.1. The predicted octanol–water partition coefficient (Wildman–Crippen LogP) is 6.11. The molecule has 2 aromatic carbocycles. The van der Waals surface area contributed by atoms with E-state index in [0.717, 1.165) is 11.4 Å². The summed E-state index contributed by atoms with van der Waals surface area (Å²) in [5.74, 6) is 0.224. The van der Waals surface area contributed by atoms with Gasteiger partial charge in [-0.1, -0.05) is 71.2 Å². The first-order chi connectivity index (χ1) is 12.8. The van der Waals surface area contributed by atoms with Gasteiger partial charge in [-0.2, -0.15) is 4.98 Å². The SMILES string of the molecule is Cc1cc(OC(=S)N(c2ccccc2)c2ccccc2)nc(C(Cl)(Cl)Cl)n1. The van der Waals surface area contributed by atoms with Crippen LogP contribution in [0, 0.1) is 6.92 Å². The third-order valence-electron chi connectivity index (χ3n) is 3.49. The standard InChI is InChI=1S/C19H14Cl3N3OS/c1-13-12-16(24-17(23-13)19(20,21)22)26-18(27)25(14-8-4-2-5-9-14)15-10-6-3-7-11-15/h2-12H,1H3. The minimum absolute atomic E-state index is 0.0243. The number of aromatic nitrogens is 2. The molecule has 3 rings (SSSR count). The minimum atomic E-state index is -1.76. The molecule has 27 heavy (non-hydrogen) atoms. The molecular weight excluding hydrogens is 425 g/mol. The number of aryl methyl sites for hydroxylation is 1. The van der Waals surface area contributed by atoms with Crippen molar-refractivity contribution in [3.63, 3.8) is 0 Å². The Hall–Kier alpha value is -1.92. The summed E-state index contributed by atoms with van der Waals surface area (Å²) in [4.78, 5) is 10.1. The lowest BCUT2D eigenvalue weighted by molar-refractivity contribution is 0.524. The molecule has 3 aromatic rings. The van der Waals surface area contributed by atoms with E-state index in [9.17, 15) is 0 Å². The first kappa shape index (κ1) is 19.8. The van der Waals surface area contributed by atoms with Gasteiger partial charge < -0.3 is 4.74 Å². The summed E-state index contributed by atoms with van der Waals surface area (Å²) in [6.45, 7) is 1.75. The van der Waals surface area contributed by atoms with Gasteiger partial charge in [-0.25, -0.2) is 4.98 Å². The summed E-state index contributed by atoms with van der Waals surface area (Å²) in [5, 5.41) is 0.181. The predicted molar refractivity (Wildman–Crippen MR) is 114 cm³/mol. The summed E-state index contributed by atoms with van der Waals surface area (Å²) in [6.07, 6.45) is 0. The van der Waals surface area contributed by atoms with Crippen LogP contribution in [0.25, 0.3) is 0 Å². The highest BCUT2D eigenvalue weighted by molar-refractivity contribution is 7.80. The monoisotopic (exact) mass is 437 g/mol. The summed E-state index contributed by atoms with van der Waals surface area (Å²) in [5.41, 5.74) is 2.29. The fraction of sp³-hybridized carbons (Fsp3) is 0.105. The molecule has 4 nitrogen and oxygen atoms in total. The van der Waals surface area contributed by atoms with Crippen molar-refractivity contribution in [1.29, 1.82) is 0 Å². The average Bonchev–Trinajstić information content (AvgIpc) is 2.62. The van der Waals surface area contributed by atoms with Gasteiger partial charge in [-0.15, -0.1) is 0 Å². The summed E-state index contributed by atoms with van der Waals surface area (Å²) in [7, 11) is 0. The van der Waals surface area contributed by atoms with Gasteiger partial charge in [0.15, 0.2) is 5.82 Å². The Morgan fingerprint density at radius 1 is 0.926 bits per heavy atom. The van der Waals surface area contributed by atoms with Gasteiger partial charge in [-0.05, 0) is 43.4 Å². The topological polar surface area (TPSA) is 38.2 Å². The maximum atomic E-state index is 5.90. The van der Waals surface area contributed by atoms with E-state index in [2.05, 4.69) is 9.97 Å². The lowest BCUT2D eigenvalue weighted by atomic mass is 10.2. The quantitative estimate of drug-likeness (QED) is 0.364. The Morgan fingerprint density at radius 3 is 1.93 bits per heavy atom. The number of ether oxygens (including phenoxy) is 1. The Bertz CT molecular complexity index is 894. The van der Waals surface area contributed by atoms with Crippen LogP contribution in [0.4, 0.5) is 11.4 Å². The summed E-state index contributed by atoms with van der Waals surface area (Å²) < 4.78 is 4.07. The van der Waals surface area contributed by atoms with E-state index >= 15 is 0 Å². The van der Waals surface area contributed by atoms with Gasteiger partial charge in [0, 0.05) is 23.1 Å². The van der Waals surface area contributed by atoms with E-state index < -0.39 is 3.79 Å². The molecule has 0 aliphatic heterocycles. The van der Waals surface area contributed by atoms with Crippen molar-refractivity contribution in [1.82, 2.24) is 9.97 Å². The molecular formula is C19H14Cl3N3OS. The average molecular weight is 439 g/mol. The van der Waals surface area contributed by atoms with Crippen LogP contribution in [-0.2, 0) is 3.79 Å². The highest BCUT2D eigenvalue weighted by Crippen LogP contribution is 2.36. The largest absolute Gasteiger partial charge is 0.412 e. The number of thiocarbonyl (C=S) groups is 1. The number of anilines is 2. The number of benzene rings is 2. The zero-order valence-corrected chi connectivity index (χ0v) is 17.2. The zero-order chi connectivity index (χ0) is 19.4. The van der Waals surface area contributed by atoms with Gasteiger partial charge in [-0.3, -0.25) is 4.90 Å². The van der Waals surface area contributed by atoms with E-state index in [4.69, 9.17) is 51.8 Å². The fourth-order valence-corrected chi connectivity index (χ4v) is 2.92. The second kappa shape index (κ2) is 8.40. The number of rotatable bonds is 3. The Kier molecular flexibility index (Phi) is 6.17. The highest BCUT2D eigenvalue weighted by atomic mass is 35.6. The molecule has 0 unspecified atom stereocenters. The molecule has 0 saturated carbocycles. The van der Waals surface area contributed by atoms with Crippen LogP contribution in [0.2, 0.25) is 0 Å². The molecule has 0 N–H and O–H groups in total. The van der Waals surface area contributed by atoms with Crippen LogP contribution < -0.4 is 9.64 Å². The highest BCUT2D eigenvalue weighted by Gasteiger charge is 2.28. The van der Waals surface area contributed by atoms with Crippen molar-refractivity contribution in [3.8, 4) is 5.88 Å². The van der Waals surface area contributed by atoms with Gasteiger partial charge in [0.2, 0.25) is 9.67 Å². The lowest BCUT2D eigenvalue weighted by Crippen LogP contribution is -2.29. The van der Waals surface area contributed by atoms with Crippen molar-refractivity contribution >= 4 is 63.6 Å². The molecule has 0 spiro atoms. The number of hydrogen-bond donors (Lipinski definition) is 0. The molecule has 1 heterocycles. The number of nitrogens with zero attached hydrogens (tertiary/aromatic N) is 3. The minimum Gasteiger partial charge on any atom is -0.412 e. The first-order valence-corrected chi connectivity index (χ1v) is 9.44. The molecule has 138 valence electrons. The second-order valence-corrected chi connectivity index (χ2v) is 8.17. The Morgan fingerprint density at radius 2 is 1.44 bits per heavy atom. The number of hydrogen-bond acceptors (Lipinski definition) is 4. The van der Waals surface area contributed by atoms with Gasteiger partial charge >= 0.3 is 0 Å². The number of alkyl halides is 3. The maximum Gasteiger partial charge on any atom is 0.275 e. The third kappa shape index (κ3) is 5.08. The van der Waals surface area contributed by atoms with Crippen LogP contribution in [0.15, 0.2) is 66.7 Å². The molecule has 0 radical (unpaired) electrons. The van der Waals surface area contributed by atoms with Crippen LogP contribution in [0.5, 0.6) is 5.88 Å². The van der Waals surface area contributed by atoms with E-state index in [-0.39, 0.29) is 16.9 Å². The molecule has 0 fully saturated rings. The van der Waals surface area contributed by atoms with E-state index in [1.54, 1.807) is 17.9 Å². The van der Waals surface area contributed by atoms with Gasteiger partial charge in [0.1, 0.15) is 0 Å². The third-order valence-corrected chi connectivity index (χ3v) is 4.26. The lowest BCUT2D eigenvalue weighted by Gasteiger charge is -2.24. The fourth-order valence-electron chi connectivity index (χ4n) is 2.37. The molecule has 0 aliphatic carbocycles. The van der Waals surface area contributed by atoms with E-state index in [0.29, 0.717) is 5.69 Å². The molecule has 0 amide bonds. The van der Waals surface area contributed by atoms with Gasteiger partial charge in [0.05, 0.1) is 0 Å². The van der Waals surface area contributed by atoms with Crippen molar-refractivity contribution in [2.24, 2.45) is 0 Å².